The number of hydrogen-bond acceptors (Lipinski definition) is 3. The first-order valence-corrected chi connectivity index (χ1v) is 9.45. The first kappa shape index (κ1) is 16.7. The molecular weight excluding hydrogens is 342 g/mol. The van der Waals surface area contributed by atoms with Crippen LogP contribution >= 0.6 is 11.8 Å². The Hall–Kier alpha value is -2.79. The molecule has 0 unspecified atom stereocenters. The van der Waals surface area contributed by atoms with Gasteiger partial charge in [-0.25, -0.2) is 4.98 Å². The van der Waals surface area contributed by atoms with Gasteiger partial charge < -0.3 is 4.98 Å². The summed E-state index contributed by atoms with van der Waals surface area (Å²) < 4.78 is 2.04. The highest BCUT2D eigenvalue weighted by molar-refractivity contribution is 7.99. The average molecular weight is 361 g/mol. The Bertz CT molecular complexity index is 1090. The van der Waals surface area contributed by atoms with Gasteiger partial charge in [-0.3, -0.25) is 9.36 Å². The van der Waals surface area contributed by atoms with Crippen molar-refractivity contribution in [1.82, 2.24) is 14.5 Å². The second-order valence-electron chi connectivity index (χ2n) is 6.33. The number of H-pyrrole nitrogens is 1. The monoisotopic (exact) mass is 361 g/mol. The summed E-state index contributed by atoms with van der Waals surface area (Å²) in [6.45, 7) is 4.17. The number of fused-ring (bicyclic) bond motifs is 1. The summed E-state index contributed by atoms with van der Waals surface area (Å²) in [6.07, 6.45) is 5.51. The van der Waals surface area contributed by atoms with E-state index in [4.69, 9.17) is 0 Å². The van der Waals surface area contributed by atoms with Crippen molar-refractivity contribution in [2.45, 2.75) is 19.0 Å². The van der Waals surface area contributed by atoms with Crippen LogP contribution < -0.4 is 0 Å². The third-order valence-electron chi connectivity index (χ3n) is 4.44. The molecule has 4 aromatic rings. The van der Waals surface area contributed by atoms with E-state index in [1.807, 2.05) is 35.0 Å². The van der Waals surface area contributed by atoms with E-state index in [1.165, 1.54) is 22.9 Å². The Labute approximate surface area is 156 Å². The van der Waals surface area contributed by atoms with Crippen molar-refractivity contribution in [3.8, 4) is 5.69 Å². The number of nitrogens with one attached hydrogen (secondary N) is 1. The molecule has 4 rings (SSSR count). The van der Waals surface area contributed by atoms with Crippen molar-refractivity contribution in [1.29, 1.82) is 0 Å². The van der Waals surface area contributed by atoms with E-state index in [1.54, 1.807) is 12.4 Å². The van der Waals surface area contributed by atoms with Crippen molar-refractivity contribution in [3.05, 3.63) is 77.7 Å². The number of hydrogen-bond donors (Lipinski definition) is 1. The van der Waals surface area contributed by atoms with Gasteiger partial charge in [0.2, 0.25) is 0 Å². The molecule has 130 valence electrons. The maximum absolute atomic E-state index is 12.7. The minimum absolute atomic E-state index is 0.0997. The highest BCUT2D eigenvalue weighted by atomic mass is 32.2. The molecule has 0 aliphatic carbocycles. The molecule has 0 spiro atoms. The summed E-state index contributed by atoms with van der Waals surface area (Å²) in [4.78, 5) is 20.3. The summed E-state index contributed by atoms with van der Waals surface area (Å²) >= 11 is 1.46. The second kappa shape index (κ2) is 6.84. The van der Waals surface area contributed by atoms with Gasteiger partial charge in [-0.1, -0.05) is 47.7 Å². The fourth-order valence-electron chi connectivity index (χ4n) is 3.17. The lowest BCUT2D eigenvalue weighted by Gasteiger charge is -2.11. The van der Waals surface area contributed by atoms with E-state index >= 15 is 0 Å². The Kier molecular flexibility index (Phi) is 4.39. The fraction of sp³-hybridized carbons (Fsp3) is 0.143. The molecule has 0 fully saturated rings. The lowest BCUT2D eigenvalue weighted by molar-refractivity contribution is 0.102. The Morgan fingerprint density at radius 3 is 2.88 bits per heavy atom. The number of benzene rings is 2. The molecule has 26 heavy (non-hydrogen) atoms. The van der Waals surface area contributed by atoms with Crippen LogP contribution in [0.25, 0.3) is 16.6 Å². The largest absolute Gasteiger partial charge is 0.360 e. The summed E-state index contributed by atoms with van der Waals surface area (Å²) in [6, 6.07) is 14.2. The van der Waals surface area contributed by atoms with Gasteiger partial charge in [0.15, 0.2) is 10.9 Å². The number of imidazole rings is 1. The first-order chi connectivity index (χ1) is 12.6. The van der Waals surface area contributed by atoms with Gasteiger partial charge in [-0.05, 0) is 31.5 Å². The maximum atomic E-state index is 12.7. The third kappa shape index (κ3) is 3.06. The molecule has 5 heteroatoms. The van der Waals surface area contributed by atoms with Crippen LogP contribution in [0.15, 0.2) is 66.2 Å². The van der Waals surface area contributed by atoms with Crippen molar-refractivity contribution in [2.75, 3.05) is 5.75 Å². The molecule has 2 aromatic carbocycles. The molecule has 0 amide bonds. The van der Waals surface area contributed by atoms with E-state index in [0.29, 0.717) is 5.75 Å². The molecule has 0 bridgehead atoms. The van der Waals surface area contributed by atoms with Crippen molar-refractivity contribution in [3.63, 3.8) is 0 Å². The number of carbonyl (C=O) groups excluding carboxylic acids is 1. The molecule has 0 radical (unpaired) electrons. The number of para-hydroxylation sites is 1. The number of rotatable bonds is 5. The van der Waals surface area contributed by atoms with Gasteiger partial charge in [0.1, 0.15) is 0 Å². The van der Waals surface area contributed by atoms with Crippen LogP contribution in [0, 0.1) is 13.8 Å². The smallest absolute Gasteiger partial charge is 0.175 e. The topological polar surface area (TPSA) is 50.7 Å². The van der Waals surface area contributed by atoms with Crippen LogP contribution in [0.4, 0.5) is 0 Å². The highest BCUT2D eigenvalue weighted by Crippen LogP contribution is 2.25. The summed E-state index contributed by atoms with van der Waals surface area (Å²) in [5.74, 6) is 0.451. The molecule has 0 saturated carbocycles. The summed E-state index contributed by atoms with van der Waals surface area (Å²) in [5.41, 5.74) is 5.23. The fourth-order valence-corrected chi connectivity index (χ4v) is 4.02. The molecule has 4 nitrogen and oxygen atoms in total. The number of aromatic amines is 1. The van der Waals surface area contributed by atoms with Crippen LogP contribution in [0.3, 0.4) is 0 Å². The molecule has 0 aliphatic rings. The van der Waals surface area contributed by atoms with Gasteiger partial charge >= 0.3 is 0 Å². The summed E-state index contributed by atoms with van der Waals surface area (Å²) in [7, 11) is 0. The number of Topliss-reactive ketones (excluding diaryl/α,β-unsaturated/α-hetero) is 1. The van der Waals surface area contributed by atoms with Crippen molar-refractivity contribution >= 4 is 28.4 Å². The van der Waals surface area contributed by atoms with E-state index in [9.17, 15) is 4.79 Å². The molecule has 0 saturated heterocycles. The molecule has 2 aromatic heterocycles. The zero-order chi connectivity index (χ0) is 18.1. The molecule has 2 heterocycles. The predicted octanol–water partition coefficient (Wildman–Crippen LogP) is 4.95. The van der Waals surface area contributed by atoms with Crippen LogP contribution in [0.1, 0.15) is 21.5 Å². The zero-order valence-corrected chi connectivity index (χ0v) is 15.5. The minimum Gasteiger partial charge on any atom is -0.360 e. The molecule has 0 aliphatic heterocycles. The van der Waals surface area contributed by atoms with Gasteiger partial charge in [-0.2, -0.15) is 0 Å². The van der Waals surface area contributed by atoms with E-state index in [0.717, 1.165) is 27.3 Å². The number of carbonyl (C=O) groups is 1. The summed E-state index contributed by atoms with van der Waals surface area (Å²) in [5, 5.41) is 1.79. The number of aryl methyl sites for hydroxylation is 2. The SMILES string of the molecule is Cc1ccc(-n2ccnc2SCC(=O)c2c[nH]c3ccccc23)c(C)c1. The number of nitrogens with zero attached hydrogens (tertiary/aromatic N) is 2. The number of ketones is 1. The van der Waals surface area contributed by atoms with Gasteiger partial charge in [0.25, 0.3) is 0 Å². The van der Waals surface area contributed by atoms with Crippen LogP contribution in [0.5, 0.6) is 0 Å². The second-order valence-corrected chi connectivity index (χ2v) is 7.27. The highest BCUT2D eigenvalue weighted by Gasteiger charge is 2.15. The van der Waals surface area contributed by atoms with Crippen LogP contribution in [0.2, 0.25) is 0 Å². The first-order valence-electron chi connectivity index (χ1n) is 8.46. The molecule has 0 atom stereocenters. The number of aromatic nitrogens is 3. The van der Waals surface area contributed by atoms with E-state index in [-0.39, 0.29) is 5.78 Å². The van der Waals surface area contributed by atoms with Gasteiger partial charge in [-0.15, -0.1) is 0 Å². The van der Waals surface area contributed by atoms with Crippen molar-refractivity contribution in [2.24, 2.45) is 0 Å². The molecular formula is C21H19N3OS. The molecule has 1 N–H and O–H groups in total. The Balaban J connectivity index is 1.56. The predicted molar refractivity (Wildman–Crippen MR) is 106 cm³/mol. The normalized spacial score (nSPS) is 11.2. The van der Waals surface area contributed by atoms with Gasteiger partial charge in [0, 0.05) is 35.1 Å². The van der Waals surface area contributed by atoms with Crippen LogP contribution in [-0.2, 0) is 0 Å². The standard InChI is InChI=1S/C21H19N3OS/c1-14-7-8-19(15(2)11-14)24-10-9-22-21(24)26-13-20(25)17-12-23-18-6-4-3-5-16(17)18/h3-12,23H,13H2,1-2H3. The lowest BCUT2D eigenvalue weighted by Crippen LogP contribution is -2.04. The average Bonchev–Trinajstić information content (AvgIpc) is 3.26. The van der Waals surface area contributed by atoms with Gasteiger partial charge in [0.05, 0.1) is 11.4 Å². The van der Waals surface area contributed by atoms with E-state index in [2.05, 4.69) is 42.0 Å². The minimum atomic E-state index is 0.0997. The van der Waals surface area contributed by atoms with E-state index < -0.39 is 0 Å². The van der Waals surface area contributed by atoms with Crippen LogP contribution in [-0.4, -0.2) is 26.1 Å². The zero-order valence-electron chi connectivity index (χ0n) is 14.7. The van der Waals surface area contributed by atoms with Crippen molar-refractivity contribution < 1.29 is 4.79 Å². The Morgan fingerprint density at radius 2 is 2.04 bits per heavy atom. The maximum Gasteiger partial charge on any atom is 0.175 e. The lowest BCUT2D eigenvalue weighted by atomic mass is 10.1. The Morgan fingerprint density at radius 1 is 1.19 bits per heavy atom. The third-order valence-corrected chi connectivity index (χ3v) is 5.41. The quantitative estimate of drug-likeness (QED) is 0.404. The number of thioether (sulfide) groups is 1.